The first-order valence-corrected chi connectivity index (χ1v) is 11.8. The van der Waals surface area contributed by atoms with Gasteiger partial charge in [-0.1, -0.05) is 47.3 Å². The second kappa shape index (κ2) is 9.81. The van der Waals surface area contributed by atoms with Crippen molar-refractivity contribution in [3.05, 3.63) is 58.1 Å². The van der Waals surface area contributed by atoms with Crippen LogP contribution < -0.4 is 9.73 Å². The third-order valence-electron chi connectivity index (χ3n) is 4.80. The van der Waals surface area contributed by atoms with Gasteiger partial charge in [0.05, 0.1) is 10.6 Å². The topological polar surface area (TPSA) is 78.8 Å². The number of rotatable bonds is 6. The Hall–Kier alpha value is -2.09. The van der Waals surface area contributed by atoms with Crippen LogP contribution in [0, 0.1) is 6.92 Å². The van der Waals surface area contributed by atoms with E-state index in [-0.39, 0.29) is 20.6 Å². The minimum Gasteiger partial charge on any atom is -0.271 e. The molecule has 0 saturated heterocycles. The predicted octanol–water partition coefficient (Wildman–Crippen LogP) is 4.93. The van der Waals surface area contributed by atoms with Crippen LogP contribution in [0.5, 0.6) is 0 Å². The standard InChI is InChI=1S/C21H23Cl2N3O3S/c1-15-7-9-20(10-8-15)30(28,29)26(19-12-16(22)11-17(23)13-19)14-21(27)25-24-18-5-3-2-4-6-18/h7-13H,2-6,14H2,1H3,(H,25,27). The molecule has 1 saturated carbocycles. The highest BCUT2D eigenvalue weighted by molar-refractivity contribution is 7.92. The van der Waals surface area contributed by atoms with E-state index >= 15 is 0 Å². The zero-order valence-electron chi connectivity index (χ0n) is 16.6. The lowest BCUT2D eigenvalue weighted by Gasteiger charge is -2.24. The summed E-state index contributed by atoms with van der Waals surface area (Å²) in [6, 6.07) is 10.8. The summed E-state index contributed by atoms with van der Waals surface area (Å²) in [4.78, 5) is 12.6. The number of aryl methyl sites for hydroxylation is 1. The van der Waals surface area contributed by atoms with Crippen molar-refractivity contribution in [1.82, 2.24) is 5.43 Å². The van der Waals surface area contributed by atoms with Gasteiger partial charge in [-0.25, -0.2) is 13.8 Å². The fourth-order valence-electron chi connectivity index (χ4n) is 3.21. The third kappa shape index (κ3) is 5.74. The summed E-state index contributed by atoms with van der Waals surface area (Å²) in [5.74, 6) is -0.542. The molecule has 9 heteroatoms. The second-order valence-electron chi connectivity index (χ2n) is 7.23. The molecule has 1 N–H and O–H groups in total. The van der Waals surface area contributed by atoms with Gasteiger partial charge in [0, 0.05) is 15.8 Å². The van der Waals surface area contributed by atoms with Gasteiger partial charge in [0.2, 0.25) is 0 Å². The highest BCUT2D eigenvalue weighted by Gasteiger charge is 2.28. The van der Waals surface area contributed by atoms with Gasteiger partial charge in [-0.05, 0) is 62.9 Å². The van der Waals surface area contributed by atoms with Gasteiger partial charge < -0.3 is 0 Å². The molecule has 0 bridgehead atoms. The summed E-state index contributed by atoms with van der Waals surface area (Å²) in [6.07, 6.45) is 4.93. The number of nitrogens with one attached hydrogen (secondary N) is 1. The second-order valence-corrected chi connectivity index (χ2v) is 9.96. The molecule has 2 aromatic carbocycles. The first-order chi connectivity index (χ1) is 14.3. The molecule has 0 heterocycles. The Morgan fingerprint density at radius 3 is 2.23 bits per heavy atom. The number of amides is 1. The highest BCUT2D eigenvalue weighted by atomic mass is 35.5. The molecule has 0 unspecified atom stereocenters. The van der Waals surface area contributed by atoms with Gasteiger partial charge in [-0.15, -0.1) is 0 Å². The molecule has 3 rings (SSSR count). The van der Waals surface area contributed by atoms with Crippen molar-refractivity contribution in [2.75, 3.05) is 10.8 Å². The SMILES string of the molecule is Cc1ccc(S(=O)(=O)N(CC(=O)NN=C2CCCCC2)c2cc(Cl)cc(Cl)c2)cc1. The minimum atomic E-state index is -4.04. The third-order valence-corrected chi connectivity index (χ3v) is 7.03. The zero-order valence-corrected chi connectivity index (χ0v) is 18.9. The normalized spacial score (nSPS) is 14.3. The van der Waals surface area contributed by atoms with Gasteiger partial charge in [-0.2, -0.15) is 5.10 Å². The fraction of sp³-hybridized carbons (Fsp3) is 0.333. The molecular weight excluding hydrogens is 445 g/mol. The van der Waals surface area contributed by atoms with Crippen molar-refractivity contribution < 1.29 is 13.2 Å². The van der Waals surface area contributed by atoms with Crippen LogP contribution >= 0.6 is 23.2 Å². The van der Waals surface area contributed by atoms with E-state index in [9.17, 15) is 13.2 Å². The molecule has 0 aliphatic heterocycles. The van der Waals surface area contributed by atoms with Crippen molar-refractivity contribution in [2.45, 2.75) is 43.9 Å². The zero-order chi connectivity index (χ0) is 21.7. The maximum atomic E-state index is 13.3. The molecule has 0 spiro atoms. The summed E-state index contributed by atoms with van der Waals surface area (Å²) in [6.45, 7) is 1.41. The largest absolute Gasteiger partial charge is 0.271 e. The van der Waals surface area contributed by atoms with Crippen LogP contribution in [0.15, 0.2) is 52.5 Å². The first kappa shape index (κ1) is 22.6. The number of hydrogen-bond donors (Lipinski definition) is 1. The number of benzene rings is 2. The van der Waals surface area contributed by atoms with Crippen LogP contribution in [0.3, 0.4) is 0 Å². The molecule has 2 aromatic rings. The Kier molecular flexibility index (Phi) is 7.39. The Bertz CT molecular complexity index is 1030. The molecule has 1 aliphatic rings. The highest BCUT2D eigenvalue weighted by Crippen LogP contribution is 2.29. The Morgan fingerprint density at radius 1 is 1.03 bits per heavy atom. The van der Waals surface area contributed by atoms with Crippen molar-refractivity contribution >= 4 is 50.5 Å². The molecular formula is C21H23Cl2N3O3S. The number of hydrogen-bond acceptors (Lipinski definition) is 4. The number of carbonyl (C=O) groups is 1. The van der Waals surface area contributed by atoms with Gasteiger partial charge in [0.15, 0.2) is 0 Å². The molecule has 1 aliphatic carbocycles. The quantitative estimate of drug-likeness (QED) is 0.611. The average Bonchev–Trinajstić information content (AvgIpc) is 2.70. The lowest BCUT2D eigenvalue weighted by Crippen LogP contribution is -2.39. The van der Waals surface area contributed by atoms with E-state index in [0.29, 0.717) is 0 Å². The van der Waals surface area contributed by atoms with Gasteiger partial charge in [-0.3, -0.25) is 9.10 Å². The average molecular weight is 468 g/mol. The van der Waals surface area contributed by atoms with E-state index in [0.717, 1.165) is 47.7 Å². The monoisotopic (exact) mass is 467 g/mol. The molecule has 0 aromatic heterocycles. The lowest BCUT2D eigenvalue weighted by molar-refractivity contribution is -0.119. The number of nitrogens with zero attached hydrogens (tertiary/aromatic N) is 2. The number of carbonyl (C=O) groups excluding carboxylic acids is 1. The summed E-state index contributed by atoms with van der Waals surface area (Å²) >= 11 is 12.2. The van der Waals surface area contributed by atoms with Crippen molar-refractivity contribution in [3.8, 4) is 0 Å². The van der Waals surface area contributed by atoms with Crippen LogP contribution in [-0.2, 0) is 14.8 Å². The van der Waals surface area contributed by atoms with E-state index in [1.165, 1.54) is 30.3 Å². The van der Waals surface area contributed by atoms with Crippen LogP contribution in [0.1, 0.15) is 37.7 Å². The van der Waals surface area contributed by atoms with Crippen LogP contribution in [0.2, 0.25) is 10.0 Å². The Labute approximate surface area is 186 Å². The van der Waals surface area contributed by atoms with Gasteiger partial charge in [0.25, 0.3) is 15.9 Å². The number of halogens is 2. The maximum Gasteiger partial charge on any atom is 0.264 e. The lowest BCUT2D eigenvalue weighted by atomic mass is 9.99. The predicted molar refractivity (Wildman–Crippen MR) is 121 cm³/mol. The number of hydrazone groups is 1. The Morgan fingerprint density at radius 2 is 1.63 bits per heavy atom. The summed E-state index contributed by atoms with van der Waals surface area (Å²) in [5, 5.41) is 4.71. The van der Waals surface area contributed by atoms with E-state index in [2.05, 4.69) is 10.5 Å². The Balaban J connectivity index is 1.91. The minimum absolute atomic E-state index is 0.0654. The fourth-order valence-corrected chi connectivity index (χ4v) is 5.13. The van der Waals surface area contributed by atoms with Crippen LogP contribution in [0.4, 0.5) is 5.69 Å². The first-order valence-electron chi connectivity index (χ1n) is 9.65. The summed E-state index contributed by atoms with van der Waals surface area (Å²) < 4.78 is 27.7. The molecule has 6 nitrogen and oxygen atoms in total. The maximum absolute atomic E-state index is 13.3. The molecule has 1 fully saturated rings. The van der Waals surface area contributed by atoms with Crippen LogP contribution in [0.25, 0.3) is 0 Å². The summed E-state index contributed by atoms with van der Waals surface area (Å²) in [7, 11) is -4.04. The van der Waals surface area contributed by atoms with E-state index in [4.69, 9.17) is 23.2 Å². The molecule has 0 radical (unpaired) electrons. The van der Waals surface area contributed by atoms with Gasteiger partial charge >= 0.3 is 0 Å². The van der Waals surface area contributed by atoms with E-state index in [1.807, 2.05) is 6.92 Å². The smallest absolute Gasteiger partial charge is 0.264 e. The van der Waals surface area contributed by atoms with E-state index < -0.39 is 22.5 Å². The van der Waals surface area contributed by atoms with Crippen molar-refractivity contribution in [1.29, 1.82) is 0 Å². The molecule has 0 atom stereocenters. The molecule has 160 valence electrons. The van der Waals surface area contributed by atoms with Crippen molar-refractivity contribution in [3.63, 3.8) is 0 Å². The van der Waals surface area contributed by atoms with Crippen LogP contribution in [-0.4, -0.2) is 26.6 Å². The molecule has 30 heavy (non-hydrogen) atoms. The van der Waals surface area contributed by atoms with Crippen molar-refractivity contribution in [2.24, 2.45) is 5.10 Å². The molecule has 1 amide bonds. The van der Waals surface area contributed by atoms with Gasteiger partial charge in [0.1, 0.15) is 6.54 Å². The summed E-state index contributed by atoms with van der Waals surface area (Å²) in [5.41, 5.74) is 4.54. The van der Waals surface area contributed by atoms with E-state index in [1.54, 1.807) is 12.1 Å². The number of anilines is 1. The number of sulfonamides is 1.